The second-order valence-corrected chi connectivity index (χ2v) is 4.72. The molecule has 0 aliphatic carbocycles. The molecule has 0 amide bonds. The monoisotopic (exact) mass is 210 g/mol. The summed E-state index contributed by atoms with van der Waals surface area (Å²) in [5.41, 5.74) is 0.999. The van der Waals surface area contributed by atoms with Crippen molar-refractivity contribution in [1.82, 2.24) is 0 Å². The first-order valence-corrected chi connectivity index (χ1v) is 6.24. The molecule has 0 rings (SSSR count). The Kier molecular flexibility index (Phi) is 8.35. The van der Waals surface area contributed by atoms with Crippen molar-refractivity contribution in [3.8, 4) is 0 Å². The molecule has 0 aromatic rings. The highest BCUT2D eigenvalue weighted by Crippen LogP contribution is 2.13. The molecule has 0 spiro atoms. The van der Waals surface area contributed by atoms with Crippen LogP contribution in [0.25, 0.3) is 0 Å². The number of ketones is 1. The molecule has 0 heterocycles. The number of rotatable bonds is 8. The van der Waals surface area contributed by atoms with Gasteiger partial charge >= 0.3 is 0 Å². The summed E-state index contributed by atoms with van der Waals surface area (Å²) in [6.07, 6.45) is 9.33. The van der Waals surface area contributed by atoms with Gasteiger partial charge in [-0.15, -0.1) is 0 Å². The van der Waals surface area contributed by atoms with E-state index in [0.717, 1.165) is 24.3 Å². The van der Waals surface area contributed by atoms with Crippen molar-refractivity contribution in [2.24, 2.45) is 5.92 Å². The van der Waals surface area contributed by atoms with E-state index in [-0.39, 0.29) is 5.78 Å². The van der Waals surface area contributed by atoms with Crippen LogP contribution in [0.2, 0.25) is 0 Å². The molecule has 0 fully saturated rings. The number of allylic oxidation sites excluding steroid dienone is 2. The highest BCUT2D eigenvalue weighted by molar-refractivity contribution is 5.93. The molecule has 1 heteroatoms. The number of unbranched alkanes of at least 4 members (excludes halogenated alkanes) is 3. The first-order valence-electron chi connectivity index (χ1n) is 6.24. The van der Waals surface area contributed by atoms with E-state index >= 15 is 0 Å². The average molecular weight is 210 g/mol. The van der Waals surface area contributed by atoms with Crippen LogP contribution >= 0.6 is 0 Å². The zero-order valence-corrected chi connectivity index (χ0v) is 10.8. The maximum atomic E-state index is 11.1. The predicted octanol–water partition coefficient (Wildman–Crippen LogP) is 4.52. The summed E-state index contributed by atoms with van der Waals surface area (Å²) >= 11 is 0. The molecule has 0 saturated carbocycles. The fourth-order valence-corrected chi connectivity index (χ4v) is 1.75. The van der Waals surface area contributed by atoms with Crippen molar-refractivity contribution < 1.29 is 4.79 Å². The zero-order chi connectivity index (χ0) is 11.7. The second kappa shape index (κ2) is 8.70. The number of hydrogen-bond acceptors (Lipinski definition) is 1. The van der Waals surface area contributed by atoms with Crippen LogP contribution in [0.15, 0.2) is 11.6 Å². The summed E-state index contributed by atoms with van der Waals surface area (Å²) < 4.78 is 0. The summed E-state index contributed by atoms with van der Waals surface area (Å²) in [6, 6.07) is 0. The van der Waals surface area contributed by atoms with Crippen LogP contribution in [0.5, 0.6) is 0 Å². The van der Waals surface area contributed by atoms with Gasteiger partial charge in [-0.3, -0.25) is 4.79 Å². The van der Waals surface area contributed by atoms with Gasteiger partial charge in [0.2, 0.25) is 0 Å². The number of Topliss-reactive ketones (excluding diaryl/α,β-unsaturated/α-hetero) is 1. The van der Waals surface area contributed by atoms with Crippen molar-refractivity contribution in [2.75, 3.05) is 0 Å². The number of hydrogen-bond donors (Lipinski definition) is 0. The van der Waals surface area contributed by atoms with Gasteiger partial charge in [0.25, 0.3) is 0 Å². The SMILES string of the molecule is C/C=C(\CCCCCCC(C)C)C(C)=O. The minimum Gasteiger partial charge on any atom is -0.295 e. The van der Waals surface area contributed by atoms with Gasteiger partial charge in [0.05, 0.1) is 0 Å². The van der Waals surface area contributed by atoms with Crippen LogP contribution < -0.4 is 0 Å². The summed E-state index contributed by atoms with van der Waals surface area (Å²) in [6.45, 7) is 8.16. The summed E-state index contributed by atoms with van der Waals surface area (Å²) in [7, 11) is 0. The molecule has 0 unspecified atom stereocenters. The van der Waals surface area contributed by atoms with Crippen LogP contribution in [0.4, 0.5) is 0 Å². The molecule has 15 heavy (non-hydrogen) atoms. The van der Waals surface area contributed by atoms with Crippen molar-refractivity contribution >= 4 is 5.78 Å². The van der Waals surface area contributed by atoms with Crippen LogP contribution in [0, 0.1) is 5.92 Å². The lowest BCUT2D eigenvalue weighted by Crippen LogP contribution is -1.96. The summed E-state index contributed by atoms with van der Waals surface area (Å²) in [5, 5.41) is 0. The van der Waals surface area contributed by atoms with Gasteiger partial charge in [0.15, 0.2) is 5.78 Å². The Morgan fingerprint density at radius 3 is 2.20 bits per heavy atom. The van der Waals surface area contributed by atoms with Gasteiger partial charge in [0, 0.05) is 0 Å². The third kappa shape index (κ3) is 8.41. The van der Waals surface area contributed by atoms with Crippen molar-refractivity contribution in [1.29, 1.82) is 0 Å². The summed E-state index contributed by atoms with van der Waals surface area (Å²) in [4.78, 5) is 11.1. The lowest BCUT2D eigenvalue weighted by atomic mass is 10.0. The fourth-order valence-electron chi connectivity index (χ4n) is 1.75. The Balaban J connectivity index is 3.42. The molecule has 0 aliphatic heterocycles. The summed E-state index contributed by atoms with van der Waals surface area (Å²) in [5.74, 6) is 1.06. The highest BCUT2D eigenvalue weighted by atomic mass is 16.1. The van der Waals surface area contributed by atoms with E-state index in [1.165, 1.54) is 25.7 Å². The van der Waals surface area contributed by atoms with Crippen LogP contribution in [-0.4, -0.2) is 5.78 Å². The van der Waals surface area contributed by atoms with E-state index in [1.807, 2.05) is 13.0 Å². The molecule has 0 saturated heterocycles. The Hall–Kier alpha value is -0.590. The lowest BCUT2D eigenvalue weighted by molar-refractivity contribution is -0.113. The number of carbonyl (C=O) groups is 1. The fraction of sp³-hybridized carbons (Fsp3) is 0.786. The van der Waals surface area contributed by atoms with Crippen LogP contribution in [0.1, 0.15) is 66.2 Å². The van der Waals surface area contributed by atoms with E-state index in [2.05, 4.69) is 13.8 Å². The molecule has 0 aliphatic rings. The standard InChI is InChI=1S/C14H26O/c1-5-14(13(4)15)11-9-7-6-8-10-12(2)3/h5,12H,6-11H2,1-4H3/b14-5+. The van der Waals surface area contributed by atoms with Crippen LogP contribution in [0.3, 0.4) is 0 Å². The zero-order valence-electron chi connectivity index (χ0n) is 10.8. The molecule has 0 aromatic carbocycles. The highest BCUT2D eigenvalue weighted by Gasteiger charge is 2.01. The van der Waals surface area contributed by atoms with E-state index in [4.69, 9.17) is 0 Å². The number of carbonyl (C=O) groups excluding carboxylic acids is 1. The van der Waals surface area contributed by atoms with Gasteiger partial charge < -0.3 is 0 Å². The molecular weight excluding hydrogens is 184 g/mol. The molecule has 0 radical (unpaired) electrons. The Bertz CT molecular complexity index is 201. The van der Waals surface area contributed by atoms with Crippen molar-refractivity contribution in [2.45, 2.75) is 66.2 Å². The van der Waals surface area contributed by atoms with E-state index in [1.54, 1.807) is 6.92 Å². The first-order chi connectivity index (χ1) is 7.07. The molecule has 0 bridgehead atoms. The molecule has 0 atom stereocenters. The van der Waals surface area contributed by atoms with Gasteiger partial charge in [-0.25, -0.2) is 0 Å². The minimum atomic E-state index is 0.236. The van der Waals surface area contributed by atoms with Crippen molar-refractivity contribution in [3.05, 3.63) is 11.6 Å². The predicted molar refractivity (Wildman–Crippen MR) is 67.0 cm³/mol. The Labute approximate surface area is 95.0 Å². The quantitative estimate of drug-likeness (QED) is 0.425. The normalized spacial score (nSPS) is 12.2. The molecule has 1 nitrogen and oxygen atoms in total. The maximum absolute atomic E-state index is 11.1. The van der Waals surface area contributed by atoms with Gasteiger partial charge in [-0.05, 0) is 38.2 Å². The first kappa shape index (κ1) is 14.4. The third-order valence-electron chi connectivity index (χ3n) is 2.78. The Morgan fingerprint density at radius 1 is 1.13 bits per heavy atom. The topological polar surface area (TPSA) is 17.1 Å². The van der Waals surface area contributed by atoms with E-state index in [9.17, 15) is 4.79 Å². The smallest absolute Gasteiger partial charge is 0.155 e. The molecular formula is C14H26O. The third-order valence-corrected chi connectivity index (χ3v) is 2.78. The van der Waals surface area contributed by atoms with Gasteiger partial charge in [-0.1, -0.05) is 45.6 Å². The minimum absolute atomic E-state index is 0.236. The average Bonchev–Trinajstić information content (AvgIpc) is 2.15. The Morgan fingerprint density at radius 2 is 1.73 bits per heavy atom. The molecule has 0 aromatic heterocycles. The molecule has 0 N–H and O–H groups in total. The second-order valence-electron chi connectivity index (χ2n) is 4.72. The maximum Gasteiger partial charge on any atom is 0.155 e. The van der Waals surface area contributed by atoms with Crippen molar-refractivity contribution in [3.63, 3.8) is 0 Å². The van der Waals surface area contributed by atoms with E-state index in [0.29, 0.717) is 0 Å². The largest absolute Gasteiger partial charge is 0.295 e. The van der Waals surface area contributed by atoms with Gasteiger partial charge in [0.1, 0.15) is 0 Å². The van der Waals surface area contributed by atoms with Crippen LogP contribution in [-0.2, 0) is 4.79 Å². The van der Waals surface area contributed by atoms with E-state index < -0.39 is 0 Å². The van der Waals surface area contributed by atoms with Gasteiger partial charge in [-0.2, -0.15) is 0 Å². The molecule has 88 valence electrons. The lowest BCUT2D eigenvalue weighted by Gasteiger charge is -2.05.